The van der Waals surface area contributed by atoms with E-state index in [-0.39, 0.29) is 11.8 Å². The zero-order valence-electron chi connectivity index (χ0n) is 8.70. The van der Waals surface area contributed by atoms with Crippen molar-refractivity contribution in [2.75, 3.05) is 13.1 Å². The summed E-state index contributed by atoms with van der Waals surface area (Å²) < 4.78 is 0.756. The number of carbonyl (C=O) groups is 1. The highest BCUT2D eigenvalue weighted by Crippen LogP contribution is 2.29. The lowest BCUT2D eigenvalue weighted by atomic mass is 10.1. The molecule has 1 fully saturated rings. The van der Waals surface area contributed by atoms with E-state index in [1.165, 1.54) is 11.3 Å². The van der Waals surface area contributed by atoms with Crippen LogP contribution in [0.1, 0.15) is 30.6 Å². The first-order valence-corrected chi connectivity index (χ1v) is 6.42. The summed E-state index contributed by atoms with van der Waals surface area (Å²) in [4.78, 5) is 15.1. The molecule has 0 N–H and O–H groups in total. The summed E-state index contributed by atoms with van der Waals surface area (Å²) in [7, 11) is 0. The van der Waals surface area contributed by atoms with Crippen LogP contribution in [0.3, 0.4) is 0 Å². The first-order valence-electron chi connectivity index (χ1n) is 5.22. The maximum Gasteiger partial charge on any atom is 0.230 e. The third-order valence-corrected chi connectivity index (χ3v) is 4.22. The van der Waals surface area contributed by atoms with E-state index in [0.29, 0.717) is 0 Å². The summed E-state index contributed by atoms with van der Waals surface area (Å²) in [5, 5.41) is 0. The van der Waals surface area contributed by atoms with Crippen LogP contribution in [-0.4, -0.2) is 23.9 Å². The molecule has 82 valence electrons. The number of halogens is 1. The molecule has 1 saturated heterocycles. The molecule has 0 saturated carbocycles. The monoisotopic (exact) mass is 243 g/mol. The number of likely N-dealkylation sites (tertiary alicyclic amines) is 1. The largest absolute Gasteiger partial charge is 0.342 e. The van der Waals surface area contributed by atoms with Crippen molar-refractivity contribution in [2.45, 2.75) is 25.7 Å². The molecule has 2 heterocycles. The summed E-state index contributed by atoms with van der Waals surface area (Å²) in [5.41, 5.74) is 0. The molecular weight excluding hydrogens is 230 g/mol. The lowest BCUT2D eigenvalue weighted by Gasteiger charge is -2.19. The zero-order chi connectivity index (χ0) is 10.8. The molecule has 0 aliphatic carbocycles. The minimum absolute atomic E-state index is 0.0411. The molecule has 1 aliphatic heterocycles. The van der Waals surface area contributed by atoms with Gasteiger partial charge in [-0.2, -0.15) is 0 Å². The van der Waals surface area contributed by atoms with Gasteiger partial charge in [0.15, 0.2) is 0 Å². The molecular formula is C11H14ClNOS. The number of amides is 1. The molecule has 1 aromatic heterocycles. The minimum atomic E-state index is -0.0411. The molecule has 4 heteroatoms. The molecule has 0 aromatic carbocycles. The van der Waals surface area contributed by atoms with Crippen LogP contribution in [0, 0.1) is 0 Å². The van der Waals surface area contributed by atoms with E-state index in [2.05, 4.69) is 0 Å². The van der Waals surface area contributed by atoms with Crippen LogP contribution in [0.2, 0.25) is 4.34 Å². The Hall–Kier alpha value is -0.540. The van der Waals surface area contributed by atoms with Gasteiger partial charge in [0.2, 0.25) is 5.91 Å². The Morgan fingerprint density at radius 2 is 2.13 bits per heavy atom. The molecule has 15 heavy (non-hydrogen) atoms. The molecule has 2 nitrogen and oxygen atoms in total. The lowest BCUT2D eigenvalue weighted by Crippen LogP contribution is -2.31. The Labute approximate surface area is 98.8 Å². The van der Waals surface area contributed by atoms with Gasteiger partial charge < -0.3 is 4.90 Å². The second-order valence-electron chi connectivity index (χ2n) is 3.90. The number of thiophene rings is 1. The number of carbonyl (C=O) groups excluding carboxylic acids is 1. The first-order chi connectivity index (χ1) is 7.18. The maximum atomic E-state index is 12.0. The van der Waals surface area contributed by atoms with Crippen molar-refractivity contribution in [1.29, 1.82) is 0 Å². The normalized spacial score (nSPS) is 18.1. The molecule has 0 bridgehead atoms. The molecule has 2 rings (SSSR count). The van der Waals surface area contributed by atoms with Crippen molar-refractivity contribution >= 4 is 28.8 Å². The number of nitrogens with zero attached hydrogens (tertiary/aromatic N) is 1. The van der Waals surface area contributed by atoms with Crippen molar-refractivity contribution < 1.29 is 4.79 Å². The highest BCUT2D eigenvalue weighted by Gasteiger charge is 2.25. The van der Waals surface area contributed by atoms with Gasteiger partial charge in [0.25, 0.3) is 0 Å². The van der Waals surface area contributed by atoms with E-state index in [4.69, 9.17) is 11.6 Å². The molecule has 1 amide bonds. The zero-order valence-corrected chi connectivity index (χ0v) is 10.3. The summed E-state index contributed by atoms with van der Waals surface area (Å²) >= 11 is 7.36. The highest BCUT2D eigenvalue weighted by molar-refractivity contribution is 7.16. The molecule has 0 spiro atoms. The SMILES string of the molecule is CC(C(=O)N1CCCC1)c1ccc(Cl)s1. The number of hydrogen-bond donors (Lipinski definition) is 0. The van der Waals surface area contributed by atoms with Crippen molar-refractivity contribution in [3.05, 3.63) is 21.3 Å². The van der Waals surface area contributed by atoms with Crippen LogP contribution in [0.4, 0.5) is 0 Å². The second-order valence-corrected chi connectivity index (χ2v) is 5.64. The van der Waals surface area contributed by atoms with E-state index < -0.39 is 0 Å². The van der Waals surface area contributed by atoms with Crippen LogP contribution < -0.4 is 0 Å². The van der Waals surface area contributed by atoms with E-state index in [0.717, 1.165) is 35.1 Å². The van der Waals surface area contributed by atoms with E-state index in [1.54, 1.807) is 0 Å². The summed E-state index contributed by atoms with van der Waals surface area (Å²) in [5.74, 6) is 0.201. The Bertz CT molecular complexity index is 357. The molecule has 1 aliphatic rings. The lowest BCUT2D eigenvalue weighted by molar-refractivity contribution is -0.131. The van der Waals surface area contributed by atoms with Crippen molar-refractivity contribution in [3.8, 4) is 0 Å². The Balaban J connectivity index is 2.06. The van der Waals surface area contributed by atoms with Crippen molar-refractivity contribution in [1.82, 2.24) is 4.90 Å². The molecule has 1 atom stereocenters. The molecule has 1 aromatic rings. The van der Waals surface area contributed by atoms with Gasteiger partial charge in [-0.15, -0.1) is 11.3 Å². The average molecular weight is 244 g/mol. The topological polar surface area (TPSA) is 20.3 Å². The summed E-state index contributed by atoms with van der Waals surface area (Å²) in [6.07, 6.45) is 2.29. The van der Waals surface area contributed by atoms with Crippen molar-refractivity contribution in [3.63, 3.8) is 0 Å². The Kier molecular flexibility index (Phi) is 3.32. The van der Waals surface area contributed by atoms with E-state index in [9.17, 15) is 4.79 Å². The molecule has 1 unspecified atom stereocenters. The smallest absolute Gasteiger partial charge is 0.230 e. The van der Waals surface area contributed by atoms with Gasteiger partial charge in [-0.25, -0.2) is 0 Å². The Morgan fingerprint density at radius 1 is 1.47 bits per heavy atom. The number of hydrogen-bond acceptors (Lipinski definition) is 2. The van der Waals surface area contributed by atoms with Crippen LogP contribution in [0.5, 0.6) is 0 Å². The fourth-order valence-electron chi connectivity index (χ4n) is 1.89. The van der Waals surface area contributed by atoms with Crippen molar-refractivity contribution in [2.24, 2.45) is 0 Å². The third-order valence-electron chi connectivity index (χ3n) is 2.81. The van der Waals surface area contributed by atoms with Crippen LogP contribution in [0.15, 0.2) is 12.1 Å². The fraction of sp³-hybridized carbons (Fsp3) is 0.545. The summed E-state index contributed by atoms with van der Waals surface area (Å²) in [6.45, 7) is 3.80. The van der Waals surface area contributed by atoms with Crippen LogP contribution in [-0.2, 0) is 4.79 Å². The van der Waals surface area contributed by atoms with Gasteiger partial charge in [-0.1, -0.05) is 11.6 Å². The molecule has 0 radical (unpaired) electrons. The van der Waals surface area contributed by atoms with Gasteiger partial charge in [0, 0.05) is 18.0 Å². The van der Waals surface area contributed by atoms with Gasteiger partial charge in [-0.3, -0.25) is 4.79 Å². The van der Waals surface area contributed by atoms with E-state index >= 15 is 0 Å². The third kappa shape index (κ3) is 2.34. The quantitative estimate of drug-likeness (QED) is 0.782. The fourth-order valence-corrected chi connectivity index (χ4v) is 3.00. The summed E-state index contributed by atoms with van der Waals surface area (Å²) in [6, 6.07) is 3.81. The van der Waals surface area contributed by atoms with E-state index in [1.807, 2.05) is 24.0 Å². The van der Waals surface area contributed by atoms with Gasteiger partial charge >= 0.3 is 0 Å². The predicted molar refractivity (Wildman–Crippen MR) is 63.6 cm³/mol. The number of rotatable bonds is 2. The standard InChI is InChI=1S/C11H14ClNOS/c1-8(9-4-5-10(12)15-9)11(14)13-6-2-3-7-13/h4-5,8H,2-3,6-7H2,1H3. The predicted octanol–water partition coefficient (Wildman–Crippen LogP) is 3.13. The van der Waals surface area contributed by atoms with Crippen LogP contribution in [0.25, 0.3) is 0 Å². The van der Waals surface area contributed by atoms with Gasteiger partial charge in [0.05, 0.1) is 10.3 Å². The first kappa shape index (κ1) is 11.0. The van der Waals surface area contributed by atoms with Crippen LogP contribution >= 0.6 is 22.9 Å². The van der Waals surface area contributed by atoms with Gasteiger partial charge in [-0.05, 0) is 31.9 Å². The highest BCUT2D eigenvalue weighted by atomic mass is 35.5. The van der Waals surface area contributed by atoms with Gasteiger partial charge in [0.1, 0.15) is 0 Å². The Morgan fingerprint density at radius 3 is 2.67 bits per heavy atom. The minimum Gasteiger partial charge on any atom is -0.342 e. The average Bonchev–Trinajstić information content (AvgIpc) is 2.85. The maximum absolute atomic E-state index is 12.0. The second kappa shape index (κ2) is 4.54.